The van der Waals surface area contributed by atoms with E-state index in [9.17, 15) is 9.59 Å². The Morgan fingerprint density at radius 1 is 1.03 bits per heavy atom. The SMILES string of the molecule is COC(=O)C(Cc1ccc(N(CCCl)CCCl)cc1)NC(=O)c1ccc(-c2ccc(C3=NCCN3)cc2)o1. The molecule has 0 bridgehead atoms. The first-order valence-electron chi connectivity index (χ1n) is 12.4. The molecular weight excluding hydrogens is 527 g/mol. The standard InChI is InChI=1S/C28H30Cl2N4O4/c1-37-28(36)23(18-19-2-8-22(9-3-19)34(16-12-29)17-13-30)33-27(35)25-11-10-24(38-25)20-4-6-21(7-5-20)26-31-14-15-32-26/h2-11,23H,12-18H2,1H3,(H,31,32)(H,33,35). The van der Waals surface area contributed by atoms with Gasteiger partial charge in [-0.3, -0.25) is 9.79 Å². The van der Waals surface area contributed by atoms with Gasteiger partial charge in [0.15, 0.2) is 5.76 Å². The first kappa shape index (κ1) is 27.5. The predicted octanol–water partition coefficient (Wildman–Crippen LogP) is 4.09. The van der Waals surface area contributed by atoms with E-state index in [0.29, 0.717) is 30.6 Å². The van der Waals surface area contributed by atoms with E-state index in [1.807, 2.05) is 48.5 Å². The van der Waals surface area contributed by atoms with Crippen LogP contribution < -0.4 is 15.5 Å². The van der Waals surface area contributed by atoms with E-state index in [0.717, 1.165) is 41.3 Å². The molecule has 1 aliphatic heterocycles. The van der Waals surface area contributed by atoms with Crippen LogP contribution in [-0.4, -0.2) is 68.8 Å². The van der Waals surface area contributed by atoms with Crippen molar-refractivity contribution in [1.29, 1.82) is 0 Å². The first-order chi connectivity index (χ1) is 18.5. The summed E-state index contributed by atoms with van der Waals surface area (Å²) in [7, 11) is 1.29. The van der Waals surface area contributed by atoms with E-state index in [1.54, 1.807) is 12.1 Å². The average molecular weight is 557 g/mol. The fraction of sp³-hybridized carbons (Fsp3) is 0.321. The van der Waals surface area contributed by atoms with E-state index in [-0.39, 0.29) is 12.2 Å². The number of carbonyl (C=O) groups excluding carboxylic acids is 2. The molecule has 0 saturated heterocycles. The van der Waals surface area contributed by atoms with Gasteiger partial charge in [-0.2, -0.15) is 0 Å². The van der Waals surface area contributed by atoms with Gasteiger partial charge in [0.1, 0.15) is 17.6 Å². The van der Waals surface area contributed by atoms with E-state index in [1.165, 1.54) is 7.11 Å². The molecule has 4 rings (SSSR count). The summed E-state index contributed by atoms with van der Waals surface area (Å²) in [6.07, 6.45) is 0.261. The monoisotopic (exact) mass is 556 g/mol. The second-order valence-electron chi connectivity index (χ2n) is 8.68. The summed E-state index contributed by atoms with van der Waals surface area (Å²) in [4.78, 5) is 31.9. The number of hydrogen-bond donors (Lipinski definition) is 2. The highest BCUT2D eigenvalue weighted by Gasteiger charge is 2.24. The van der Waals surface area contributed by atoms with E-state index in [4.69, 9.17) is 32.4 Å². The molecule has 3 aromatic rings. The maximum Gasteiger partial charge on any atom is 0.328 e. The quantitative estimate of drug-likeness (QED) is 0.257. The van der Waals surface area contributed by atoms with Crippen LogP contribution in [0.25, 0.3) is 11.3 Å². The van der Waals surface area contributed by atoms with Gasteiger partial charge in [-0.25, -0.2) is 4.79 Å². The maximum absolute atomic E-state index is 13.0. The van der Waals surface area contributed by atoms with Gasteiger partial charge in [-0.15, -0.1) is 23.2 Å². The Kier molecular flexibility index (Phi) is 9.67. The first-order valence-corrected chi connectivity index (χ1v) is 13.4. The molecule has 2 N–H and O–H groups in total. The number of benzene rings is 2. The number of anilines is 1. The van der Waals surface area contributed by atoms with Crippen molar-refractivity contribution in [3.05, 3.63) is 77.6 Å². The number of esters is 1. The highest BCUT2D eigenvalue weighted by atomic mass is 35.5. The lowest BCUT2D eigenvalue weighted by Crippen LogP contribution is -2.43. The maximum atomic E-state index is 13.0. The molecule has 1 amide bonds. The number of alkyl halides is 2. The van der Waals surface area contributed by atoms with Crippen molar-refractivity contribution in [2.45, 2.75) is 12.5 Å². The molecule has 200 valence electrons. The third-order valence-electron chi connectivity index (χ3n) is 6.19. The Morgan fingerprint density at radius 3 is 2.32 bits per heavy atom. The van der Waals surface area contributed by atoms with Gasteiger partial charge < -0.3 is 24.7 Å². The molecule has 1 aliphatic rings. The van der Waals surface area contributed by atoms with Crippen LogP contribution in [0, 0.1) is 0 Å². The number of ether oxygens (including phenoxy) is 1. The van der Waals surface area contributed by atoms with Crippen LogP contribution in [0.3, 0.4) is 0 Å². The van der Waals surface area contributed by atoms with Gasteiger partial charge in [-0.05, 0) is 29.8 Å². The number of amides is 1. The molecule has 38 heavy (non-hydrogen) atoms. The van der Waals surface area contributed by atoms with Gasteiger partial charge >= 0.3 is 5.97 Å². The number of nitrogens with zero attached hydrogens (tertiary/aromatic N) is 2. The van der Waals surface area contributed by atoms with E-state index in [2.05, 4.69) is 20.5 Å². The topological polar surface area (TPSA) is 96.2 Å². The highest BCUT2D eigenvalue weighted by molar-refractivity contribution is 6.18. The lowest BCUT2D eigenvalue weighted by molar-refractivity contribution is -0.142. The van der Waals surface area contributed by atoms with E-state index < -0.39 is 17.9 Å². The number of methoxy groups -OCH3 is 1. The van der Waals surface area contributed by atoms with Gasteiger partial charge in [0, 0.05) is 54.6 Å². The number of halogens is 2. The average Bonchev–Trinajstić information content (AvgIpc) is 3.66. The van der Waals surface area contributed by atoms with Gasteiger partial charge in [-0.1, -0.05) is 36.4 Å². The molecule has 0 spiro atoms. The van der Waals surface area contributed by atoms with Crippen LogP contribution in [-0.2, 0) is 16.0 Å². The Labute approximate surface area is 232 Å². The Hall–Kier alpha value is -3.49. The second kappa shape index (κ2) is 13.3. The van der Waals surface area contributed by atoms with Gasteiger partial charge in [0.25, 0.3) is 5.91 Å². The molecular formula is C28H30Cl2N4O4. The summed E-state index contributed by atoms with van der Waals surface area (Å²) in [5.74, 6) is 1.46. The minimum absolute atomic E-state index is 0.105. The summed E-state index contributed by atoms with van der Waals surface area (Å²) in [6.45, 7) is 2.97. The number of amidine groups is 1. The summed E-state index contributed by atoms with van der Waals surface area (Å²) < 4.78 is 10.8. The number of carbonyl (C=O) groups is 2. The molecule has 0 saturated carbocycles. The Bertz CT molecular complexity index is 1250. The van der Waals surface area contributed by atoms with Crippen molar-refractivity contribution < 1.29 is 18.7 Å². The number of aliphatic imine (C=N–C) groups is 1. The van der Waals surface area contributed by atoms with Crippen molar-refractivity contribution in [3.8, 4) is 11.3 Å². The molecule has 0 aliphatic carbocycles. The summed E-state index contributed by atoms with van der Waals surface area (Å²) >= 11 is 11.8. The van der Waals surface area contributed by atoms with Crippen molar-refractivity contribution in [1.82, 2.24) is 10.6 Å². The lowest BCUT2D eigenvalue weighted by Gasteiger charge is -2.23. The zero-order chi connectivity index (χ0) is 26.9. The van der Waals surface area contributed by atoms with Crippen LogP contribution in [0.2, 0.25) is 0 Å². The minimum atomic E-state index is -0.882. The lowest BCUT2D eigenvalue weighted by atomic mass is 10.0. The fourth-order valence-corrected chi connectivity index (χ4v) is 4.62. The molecule has 2 aromatic carbocycles. The second-order valence-corrected chi connectivity index (χ2v) is 9.44. The van der Waals surface area contributed by atoms with E-state index >= 15 is 0 Å². The van der Waals surface area contributed by atoms with Crippen LogP contribution >= 0.6 is 23.2 Å². The van der Waals surface area contributed by atoms with Gasteiger partial charge in [0.2, 0.25) is 0 Å². The van der Waals surface area contributed by atoms with Crippen molar-refractivity contribution >= 4 is 46.6 Å². The van der Waals surface area contributed by atoms with Crippen molar-refractivity contribution in [2.75, 3.05) is 49.9 Å². The van der Waals surface area contributed by atoms with Crippen molar-refractivity contribution in [2.24, 2.45) is 4.99 Å². The summed E-state index contributed by atoms with van der Waals surface area (Å²) in [5, 5.41) is 5.99. The van der Waals surface area contributed by atoms with Crippen LogP contribution in [0.1, 0.15) is 21.7 Å². The molecule has 0 radical (unpaired) electrons. The summed E-state index contributed by atoms with van der Waals surface area (Å²) in [6, 6.07) is 17.9. The normalized spacial score (nSPS) is 13.4. The zero-order valence-corrected chi connectivity index (χ0v) is 22.6. The molecule has 2 heterocycles. The minimum Gasteiger partial charge on any atom is -0.467 e. The van der Waals surface area contributed by atoms with Crippen LogP contribution in [0.15, 0.2) is 70.1 Å². The zero-order valence-electron chi connectivity index (χ0n) is 21.1. The van der Waals surface area contributed by atoms with Crippen molar-refractivity contribution in [3.63, 3.8) is 0 Å². The number of rotatable bonds is 12. The molecule has 1 unspecified atom stereocenters. The third kappa shape index (κ3) is 6.88. The van der Waals surface area contributed by atoms with Gasteiger partial charge in [0.05, 0.1) is 13.7 Å². The summed E-state index contributed by atoms with van der Waals surface area (Å²) in [5.41, 5.74) is 3.67. The Balaban J connectivity index is 1.42. The smallest absolute Gasteiger partial charge is 0.328 e. The molecule has 0 fully saturated rings. The number of nitrogens with one attached hydrogen (secondary N) is 2. The highest BCUT2D eigenvalue weighted by Crippen LogP contribution is 2.23. The molecule has 1 atom stereocenters. The number of hydrogen-bond acceptors (Lipinski definition) is 7. The molecule has 8 nitrogen and oxygen atoms in total. The van der Waals surface area contributed by atoms with Crippen LogP contribution in [0.5, 0.6) is 0 Å². The number of furan rings is 1. The molecule has 10 heteroatoms. The largest absolute Gasteiger partial charge is 0.467 e. The fourth-order valence-electron chi connectivity index (χ4n) is 4.22. The predicted molar refractivity (Wildman–Crippen MR) is 151 cm³/mol. The molecule has 1 aromatic heterocycles. The third-order valence-corrected chi connectivity index (χ3v) is 6.53. The Morgan fingerprint density at radius 2 is 1.71 bits per heavy atom. The van der Waals surface area contributed by atoms with Crippen LogP contribution in [0.4, 0.5) is 5.69 Å².